The molecule has 4 saturated heterocycles. The van der Waals surface area contributed by atoms with Crippen LogP contribution in [0.15, 0.2) is 0 Å². The Balaban J connectivity index is 1.82. The number of carbonyl (C=O) groups is 2. The van der Waals surface area contributed by atoms with E-state index in [9.17, 15) is 123 Å². The van der Waals surface area contributed by atoms with Gasteiger partial charge in [-0.05, 0) is 6.42 Å². The maximum atomic E-state index is 12.8. The minimum Gasteiger partial charge on any atom is -0.479 e. The first-order valence-electron chi connectivity index (χ1n) is 19.7. The molecule has 4 aliphatic rings. The van der Waals surface area contributed by atoms with Gasteiger partial charge in [-0.1, -0.05) is 6.92 Å². The molecule has 0 spiro atoms. The van der Waals surface area contributed by atoms with Crippen LogP contribution in [0, 0.1) is 0 Å². The number of carboxylic acid groups (broad SMARTS) is 2. The smallest absolute Gasteiger partial charge is 0.397 e. The van der Waals surface area contributed by atoms with Gasteiger partial charge in [0.1, 0.15) is 73.1 Å². The Bertz CT molecular complexity index is 2640. The minimum absolute atomic E-state index is 0.129. The van der Waals surface area contributed by atoms with Gasteiger partial charge in [-0.15, -0.1) is 0 Å². The number of hydrogen-bond donors (Lipinski definition) is 15. The highest BCUT2D eigenvalue weighted by Crippen LogP contribution is 2.37. The van der Waals surface area contributed by atoms with E-state index in [-0.39, 0.29) is 13.0 Å². The normalized spacial score (nSPS) is 38.1. The average Bonchev–Trinajstić information content (AvgIpc) is 3.22. The van der Waals surface area contributed by atoms with E-state index in [1.54, 1.807) is 0 Å². The summed E-state index contributed by atoms with van der Waals surface area (Å²) in [5.74, 6) is -4.51. The number of carboxylic acids is 2. The molecule has 15 N–H and O–H groups in total. The van der Waals surface area contributed by atoms with Gasteiger partial charge in [0.15, 0.2) is 49.6 Å². The van der Waals surface area contributed by atoms with Crippen LogP contribution in [0.3, 0.4) is 0 Å². The van der Waals surface area contributed by atoms with Gasteiger partial charge >= 0.3 is 74.1 Å². The summed E-state index contributed by atoms with van der Waals surface area (Å²) < 4.78 is 262. The third kappa shape index (κ3) is 18.4. The molecule has 434 valence electrons. The van der Waals surface area contributed by atoms with Crippen LogP contribution in [0.1, 0.15) is 13.3 Å². The van der Waals surface area contributed by atoms with E-state index in [0.717, 1.165) is 0 Å². The maximum Gasteiger partial charge on any atom is 0.397 e. The number of nitrogens with one attached hydrogen (secondary N) is 2. The van der Waals surface area contributed by atoms with Crippen LogP contribution in [0.4, 0.5) is 0 Å². The van der Waals surface area contributed by atoms with Crippen LogP contribution in [-0.2, 0) is 126 Å². The van der Waals surface area contributed by atoms with Crippen molar-refractivity contribution in [3.8, 4) is 0 Å². The molecule has 0 saturated carbocycles. The Labute approximate surface area is 415 Å². The fraction of sp³-hybridized carbons (Fsp3) is 0.926. The molecule has 47 heteroatoms. The number of ether oxygens (including phenoxy) is 8. The van der Waals surface area contributed by atoms with E-state index >= 15 is 0 Å². The van der Waals surface area contributed by atoms with Crippen molar-refractivity contribution in [2.45, 2.75) is 136 Å². The van der Waals surface area contributed by atoms with Gasteiger partial charge in [-0.25, -0.2) is 26.3 Å². The summed E-state index contributed by atoms with van der Waals surface area (Å²) in [5.41, 5.74) is 0. The van der Waals surface area contributed by atoms with Gasteiger partial charge in [-0.2, -0.15) is 60.0 Å². The molecule has 0 amide bonds. The maximum absolute atomic E-state index is 12.8. The molecule has 4 rings (SSSR count). The van der Waals surface area contributed by atoms with E-state index in [0.29, 0.717) is 0 Å². The molecular formula is C27H46N2O39S6. The van der Waals surface area contributed by atoms with E-state index in [4.69, 9.17) is 37.9 Å². The van der Waals surface area contributed by atoms with Gasteiger partial charge in [0.2, 0.25) is 0 Å². The second-order valence-electron chi connectivity index (χ2n) is 15.4. The summed E-state index contributed by atoms with van der Waals surface area (Å²) in [5, 5.41) is 75.2. The first-order valence-corrected chi connectivity index (χ1v) is 28.0. The fourth-order valence-electron chi connectivity index (χ4n) is 7.23. The second kappa shape index (κ2) is 24.8. The summed E-state index contributed by atoms with van der Waals surface area (Å²) >= 11 is 0. The predicted molar refractivity (Wildman–Crippen MR) is 216 cm³/mol. The highest BCUT2D eigenvalue weighted by Gasteiger charge is 2.60. The molecule has 4 aliphatic heterocycles. The molecule has 4 fully saturated rings. The number of rotatable bonds is 25. The van der Waals surface area contributed by atoms with Gasteiger partial charge in [0.25, 0.3) is 0 Å². The zero-order valence-electron chi connectivity index (χ0n) is 36.3. The molecule has 0 bridgehead atoms. The third-order valence-electron chi connectivity index (χ3n) is 10.1. The van der Waals surface area contributed by atoms with Crippen LogP contribution < -0.4 is 9.44 Å². The summed E-state index contributed by atoms with van der Waals surface area (Å²) in [6.45, 7) is -2.06. The largest absolute Gasteiger partial charge is 0.479 e. The Morgan fingerprint density at radius 1 is 0.459 bits per heavy atom. The van der Waals surface area contributed by atoms with Gasteiger partial charge in [0, 0.05) is 6.61 Å². The zero-order chi connectivity index (χ0) is 56.4. The first kappa shape index (κ1) is 64.2. The van der Waals surface area contributed by atoms with Crippen molar-refractivity contribution in [2.75, 3.05) is 19.8 Å². The summed E-state index contributed by atoms with van der Waals surface area (Å²) in [6.07, 6.45) is -49.2. The lowest BCUT2D eigenvalue weighted by Gasteiger charge is -2.49. The van der Waals surface area contributed by atoms with Crippen molar-refractivity contribution in [1.82, 2.24) is 9.44 Å². The minimum atomic E-state index is -6.02. The van der Waals surface area contributed by atoms with Crippen molar-refractivity contribution in [2.24, 2.45) is 0 Å². The van der Waals surface area contributed by atoms with Crippen molar-refractivity contribution in [1.29, 1.82) is 0 Å². The third-order valence-corrected chi connectivity index (χ3v) is 13.0. The lowest BCUT2D eigenvalue weighted by Crippen LogP contribution is -2.70. The van der Waals surface area contributed by atoms with E-state index in [2.05, 4.69) is 16.7 Å². The van der Waals surface area contributed by atoms with Crippen LogP contribution in [-0.4, -0.2) is 268 Å². The SMILES string of the molecule is CCCO[C@H]1O[C@H](COS(=O)(=O)O)[C@@H](O[C@@H]2O[C@@H](C(=O)O)[C@@H](O[C@H]3O[C@H](COS(=O)(=O)O)[C@@H](O[C@@H]4O[C@@H](C(=O)O)[C@@H](O)[C@H](O)[C@H]4OS(=O)(=O)O)[C@H](O)[C@H]3NS(=O)(=O)O)[C@H](O)[C@H]2OS(=O)(=O)O)[C@H](O)[C@H]1NS(=O)(=O)O. The highest BCUT2D eigenvalue weighted by atomic mass is 32.3. The average molecular weight is 1220 g/mol. The molecule has 74 heavy (non-hydrogen) atoms. The van der Waals surface area contributed by atoms with Gasteiger partial charge < -0.3 is 73.6 Å². The van der Waals surface area contributed by atoms with Crippen molar-refractivity contribution >= 4 is 74.1 Å². The summed E-state index contributed by atoms with van der Waals surface area (Å²) in [4.78, 5) is 24.7. The number of aliphatic carboxylic acids is 2. The fourth-order valence-corrected chi connectivity index (χ4v) is 10.00. The summed E-state index contributed by atoms with van der Waals surface area (Å²) in [7, 11) is -34.2. The van der Waals surface area contributed by atoms with Crippen molar-refractivity contribution < 1.29 is 178 Å². The molecule has 0 aliphatic carbocycles. The number of aliphatic hydroxyl groups excluding tert-OH is 5. The molecule has 0 radical (unpaired) electrons. The lowest BCUT2D eigenvalue weighted by atomic mass is 9.94. The van der Waals surface area contributed by atoms with E-state index in [1.807, 2.05) is 0 Å². The molecule has 20 atom stereocenters. The number of aliphatic hydroxyl groups is 5. The van der Waals surface area contributed by atoms with Crippen LogP contribution in [0.25, 0.3) is 0 Å². The zero-order valence-corrected chi connectivity index (χ0v) is 41.2. The Kier molecular flexibility index (Phi) is 21.5. The monoisotopic (exact) mass is 1210 g/mol. The summed E-state index contributed by atoms with van der Waals surface area (Å²) in [6, 6.07) is -5.10. The molecule has 0 aromatic rings. The Morgan fingerprint density at radius 2 is 0.838 bits per heavy atom. The Morgan fingerprint density at radius 3 is 1.22 bits per heavy atom. The topological polar surface area (TPSA) is 637 Å². The molecule has 41 nitrogen and oxygen atoms in total. The van der Waals surface area contributed by atoms with Gasteiger partial charge in [-0.3, -0.25) is 27.3 Å². The molecule has 0 aromatic heterocycles. The molecule has 4 heterocycles. The van der Waals surface area contributed by atoms with Crippen molar-refractivity contribution in [3.05, 3.63) is 0 Å². The number of hydrogen-bond acceptors (Lipinski definition) is 31. The Hall–Kier alpha value is -2.36. The standard InChI is InChI=1S/C27H46N2O39S6/c1-2-3-57-24-8(28-69(39,40)41)10(30)15(6(60-24)4-58-71(45,46)47)63-27-20(68-74(54,55)56)14(34)17(21(66-27)23(37)38)64-25-9(29-70(42,43)44)11(31)16(7(61-25)5-59-72(48,49)50)62-26-19(67-73(51,52)53)13(33)12(32)18(65-26)22(35)36/h6-21,24-34H,2-5H2,1H3,(H,35,36)(H,37,38)(H,39,40,41)(H,42,43,44)(H,45,46,47)(H,48,49,50)(H,51,52,53)(H,54,55,56)/t6-,7-,8-,9-,10-,11-,12+,13+,14+,15-,16-,17+,18-,19-,20-,21-,24+,25-,26-,27-/m1/s1. The van der Waals surface area contributed by atoms with Crippen LogP contribution >= 0.6 is 0 Å². The predicted octanol–water partition coefficient (Wildman–Crippen LogP) is -10.0. The molecular weight excluding hydrogens is 1170 g/mol. The highest BCUT2D eigenvalue weighted by molar-refractivity contribution is 7.84. The van der Waals surface area contributed by atoms with E-state index < -0.39 is 210 Å². The second-order valence-corrected chi connectivity index (χ2v) is 22.0. The molecule has 0 aromatic carbocycles. The first-order chi connectivity index (χ1) is 33.6. The quantitative estimate of drug-likeness (QED) is 0.0378. The molecule has 0 unspecified atom stereocenters. The lowest BCUT2D eigenvalue weighted by molar-refractivity contribution is -0.368. The van der Waals surface area contributed by atoms with Crippen LogP contribution in [0.5, 0.6) is 0 Å². The van der Waals surface area contributed by atoms with Gasteiger partial charge in [0.05, 0.1) is 13.2 Å². The van der Waals surface area contributed by atoms with E-state index in [1.165, 1.54) is 16.4 Å². The van der Waals surface area contributed by atoms with Crippen molar-refractivity contribution in [3.63, 3.8) is 0 Å². The van der Waals surface area contributed by atoms with Crippen LogP contribution in [0.2, 0.25) is 0 Å².